The number of carbonyl (C=O) groups is 2. The summed E-state index contributed by atoms with van der Waals surface area (Å²) in [4.78, 5) is 24.5. The van der Waals surface area contributed by atoms with Gasteiger partial charge in [-0.25, -0.2) is 0 Å². The van der Waals surface area contributed by atoms with Gasteiger partial charge in [0.2, 0.25) is 0 Å². The summed E-state index contributed by atoms with van der Waals surface area (Å²) in [5, 5.41) is 0. The third-order valence-electron chi connectivity index (χ3n) is 8.43. The van der Waals surface area contributed by atoms with Crippen molar-refractivity contribution < 1.29 is 9.59 Å². The maximum Gasteiger partial charge on any atom is 0.155 e. The van der Waals surface area contributed by atoms with Gasteiger partial charge in [0.15, 0.2) is 5.78 Å². The molecule has 2 nitrogen and oxygen atoms in total. The van der Waals surface area contributed by atoms with Crippen molar-refractivity contribution in [2.75, 3.05) is 0 Å². The van der Waals surface area contributed by atoms with Crippen molar-refractivity contribution in [2.24, 2.45) is 34.5 Å². The van der Waals surface area contributed by atoms with Crippen LogP contribution in [0.3, 0.4) is 0 Å². The van der Waals surface area contributed by atoms with Gasteiger partial charge in [0.25, 0.3) is 0 Å². The number of rotatable bonds is 1. The fourth-order valence-corrected chi connectivity index (χ4v) is 8.31. The molecule has 3 saturated carbocycles. The summed E-state index contributed by atoms with van der Waals surface area (Å²) in [6.45, 7) is 6.61. The molecule has 0 aromatic heterocycles. The number of Topliss-reactive ketones (excluding diaryl/α,β-unsaturated/α-hetero) is 1. The van der Waals surface area contributed by atoms with Gasteiger partial charge in [-0.1, -0.05) is 29.8 Å². The van der Waals surface area contributed by atoms with Crippen molar-refractivity contribution in [3.63, 3.8) is 0 Å². The van der Waals surface area contributed by atoms with E-state index in [9.17, 15) is 9.59 Å². The maximum atomic E-state index is 12.2. The SMILES string of the molecule is CC(=O)[C@H]1CC[C@H]2[C@@H]3C[C@@H](Br)C4=CC(=O)CC[C@]4(C)[C@H]3CC[C@]12C. The molecule has 24 heavy (non-hydrogen) atoms. The number of allylic oxidation sites excluding steroid dienone is 1. The van der Waals surface area contributed by atoms with E-state index in [1.54, 1.807) is 6.92 Å². The number of hydrogen-bond acceptors (Lipinski definition) is 2. The van der Waals surface area contributed by atoms with Gasteiger partial charge in [-0.2, -0.15) is 0 Å². The average molecular weight is 393 g/mol. The van der Waals surface area contributed by atoms with Crippen LogP contribution in [-0.4, -0.2) is 16.4 Å². The van der Waals surface area contributed by atoms with Gasteiger partial charge >= 0.3 is 0 Å². The van der Waals surface area contributed by atoms with Crippen molar-refractivity contribution in [2.45, 2.75) is 70.5 Å². The van der Waals surface area contributed by atoms with Crippen LogP contribution in [0.25, 0.3) is 0 Å². The molecule has 3 fully saturated rings. The van der Waals surface area contributed by atoms with Crippen molar-refractivity contribution in [1.29, 1.82) is 0 Å². The van der Waals surface area contributed by atoms with E-state index in [0.29, 0.717) is 40.6 Å². The monoisotopic (exact) mass is 392 g/mol. The zero-order chi connectivity index (χ0) is 17.3. The third-order valence-corrected chi connectivity index (χ3v) is 9.30. The zero-order valence-corrected chi connectivity index (χ0v) is 16.7. The molecule has 0 aliphatic heterocycles. The Bertz CT molecular complexity index is 623. The topological polar surface area (TPSA) is 34.1 Å². The molecule has 0 saturated heterocycles. The number of ketones is 2. The fraction of sp³-hybridized carbons (Fsp3) is 0.810. The predicted molar refractivity (Wildman–Crippen MR) is 99.0 cm³/mol. The quantitative estimate of drug-likeness (QED) is 0.581. The highest BCUT2D eigenvalue weighted by molar-refractivity contribution is 9.09. The van der Waals surface area contributed by atoms with E-state index in [1.165, 1.54) is 24.8 Å². The van der Waals surface area contributed by atoms with Gasteiger partial charge in [0.1, 0.15) is 5.78 Å². The van der Waals surface area contributed by atoms with Crippen LogP contribution in [0, 0.1) is 34.5 Å². The first kappa shape index (κ1) is 17.0. The lowest BCUT2D eigenvalue weighted by Crippen LogP contribution is -2.53. The molecule has 0 amide bonds. The second-order valence-corrected chi connectivity index (χ2v) is 10.5. The third kappa shape index (κ3) is 2.19. The molecule has 0 N–H and O–H groups in total. The van der Waals surface area contributed by atoms with Crippen LogP contribution in [-0.2, 0) is 9.59 Å². The van der Waals surface area contributed by atoms with Crippen LogP contribution in [0.5, 0.6) is 0 Å². The number of halogens is 1. The van der Waals surface area contributed by atoms with Gasteiger partial charge in [-0.05, 0) is 85.7 Å². The Morgan fingerprint density at radius 1 is 1.17 bits per heavy atom. The highest BCUT2D eigenvalue weighted by Gasteiger charge is 2.60. The molecule has 132 valence electrons. The Morgan fingerprint density at radius 2 is 1.92 bits per heavy atom. The molecule has 4 rings (SSSR count). The van der Waals surface area contributed by atoms with Gasteiger partial charge in [-0.3, -0.25) is 9.59 Å². The molecule has 0 heterocycles. The first-order valence-electron chi connectivity index (χ1n) is 9.67. The lowest BCUT2D eigenvalue weighted by atomic mass is 9.46. The molecular formula is C21H29BrO2. The van der Waals surface area contributed by atoms with Crippen molar-refractivity contribution >= 4 is 27.5 Å². The Balaban J connectivity index is 1.71. The van der Waals surface area contributed by atoms with Gasteiger partial charge in [0, 0.05) is 17.2 Å². The minimum atomic E-state index is 0.181. The largest absolute Gasteiger partial charge is 0.300 e. The van der Waals surface area contributed by atoms with Crippen molar-refractivity contribution in [3.8, 4) is 0 Å². The zero-order valence-electron chi connectivity index (χ0n) is 15.1. The van der Waals surface area contributed by atoms with E-state index in [0.717, 1.165) is 19.3 Å². The normalized spacial score (nSPS) is 50.6. The molecule has 3 heteroatoms. The Morgan fingerprint density at radius 3 is 2.62 bits per heavy atom. The Labute approximate surface area is 154 Å². The summed E-state index contributed by atoms with van der Waals surface area (Å²) in [5.41, 5.74) is 1.76. The van der Waals surface area contributed by atoms with Crippen LogP contribution in [0.1, 0.15) is 65.7 Å². The van der Waals surface area contributed by atoms with E-state index < -0.39 is 0 Å². The lowest BCUT2D eigenvalue weighted by molar-refractivity contribution is -0.128. The summed E-state index contributed by atoms with van der Waals surface area (Å²) < 4.78 is 0. The number of hydrogen-bond donors (Lipinski definition) is 0. The van der Waals surface area contributed by atoms with E-state index in [-0.39, 0.29) is 16.7 Å². The number of carbonyl (C=O) groups excluding carboxylic acids is 2. The van der Waals surface area contributed by atoms with Gasteiger partial charge in [-0.15, -0.1) is 0 Å². The molecule has 4 aliphatic carbocycles. The summed E-state index contributed by atoms with van der Waals surface area (Å²) >= 11 is 3.93. The van der Waals surface area contributed by atoms with Gasteiger partial charge in [0.05, 0.1) is 0 Å². The smallest absolute Gasteiger partial charge is 0.155 e. The van der Waals surface area contributed by atoms with Crippen molar-refractivity contribution in [3.05, 3.63) is 11.6 Å². The lowest BCUT2D eigenvalue weighted by Gasteiger charge is -2.59. The van der Waals surface area contributed by atoms with Crippen LogP contribution < -0.4 is 0 Å². The summed E-state index contributed by atoms with van der Waals surface area (Å²) in [6, 6.07) is 0. The Hall–Kier alpha value is -0.440. The Kier molecular flexibility index (Phi) is 3.91. The number of fused-ring (bicyclic) bond motifs is 5. The molecule has 4 aliphatic rings. The average Bonchev–Trinajstić information content (AvgIpc) is 2.87. The summed E-state index contributed by atoms with van der Waals surface area (Å²) in [6.07, 6.45) is 9.54. The molecule has 0 aromatic carbocycles. The second kappa shape index (κ2) is 5.53. The summed E-state index contributed by atoms with van der Waals surface area (Å²) in [5.74, 6) is 3.06. The molecule has 7 atom stereocenters. The molecule has 0 unspecified atom stereocenters. The summed E-state index contributed by atoms with van der Waals surface area (Å²) in [7, 11) is 0. The second-order valence-electron chi connectivity index (χ2n) is 9.35. The molecule has 0 spiro atoms. The maximum absolute atomic E-state index is 12.2. The van der Waals surface area contributed by atoms with Crippen LogP contribution in [0.2, 0.25) is 0 Å². The van der Waals surface area contributed by atoms with E-state index in [4.69, 9.17) is 0 Å². The molecule has 0 radical (unpaired) electrons. The number of alkyl halides is 1. The van der Waals surface area contributed by atoms with Gasteiger partial charge < -0.3 is 0 Å². The van der Waals surface area contributed by atoms with Crippen LogP contribution in [0.4, 0.5) is 0 Å². The fourth-order valence-electron chi connectivity index (χ4n) is 7.23. The molecule has 0 bridgehead atoms. The van der Waals surface area contributed by atoms with Crippen LogP contribution in [0.15, 0.2) is 11.6 Å². The van der Waals surface area contributed by atoms with Crippen LogP contribution >= 0.6 is 15.9 Å². The predicted octanol–water partition coefficient (Wildman–Crippen LogP) is 5.10. The minimum absolute atomic E-state index is 0.181. The molecule has 0 aromatic rings. The standard InChI is InChI=1S/C21H29BrO2/c1-12(23)15-4-5-16-14-11-19(22)18-10-13(24)6-8-21(18,3)17(14)7-9-20(15,16)2/h10,14-17,19H,4-9,11H2,1-3H3/t14-,15+,16-,17-,19+,20+,21+/m0/s1. The highest BCUT2D eigenvalue weighted by atomic mass is 79.9. The van der Waals surface area contributed by atoms with E-state index in [2.05, 4.69) is 29.8 Å². The minimum Gasteiger partial charge on any atom is -0.300 e. The highest BCUT2D eigenvalue weighted by Crippen LogP contribution is 2.67. The molecular weight excluding hydrogens is 364 g/mol. The van der Waals surface area contributed by atoms with Crippen molar-refractivity contribution in [1.82, 2.24) is 0 Å². The van der Waals surface area contributed by atoms with E-state index in [1.807, 2.05) is 6.08 Å². The first-order valence-corrected chi connectivity index (χ1v) is 10.6. The first-order chi connectivity index (χ1) is 11.3. The van der Waals surface area contributed by atoms with E-state index >= 15 is 0 Å².